The van der Waals surface area contributed by atoms with E-state index in [1.165, 1.54) is 23.5 Å². The molecule has 1 aliphatic rings. The predicted octanol–water partition coefficient (Wildman–Crippen LogP) is 2.65. The van der Waals surface area contributed by atoms with Crippen LogP contribution in [0, 0.1) is 12.8 Å². The van der Waals surface area contributed by atoms with Gasteiger partial charge in [-0.2, -0.15) is 4.31 Å². The molecule has 10 heteroatoms. The molecule has 0 radical (unpaired) electrons. The quantitative estimate of drug-likeness (QED) is 0.390. The van der Waals surface area contributed by atoms with Gasteiger partial charge < -0.3 is 9.47 Å². The molecule has 1 aromatic heterocycles. The number of hydrogen-bond donors (Lipinski definition) is 2. The van der Waals surface area contributed by atoms with E-state index >= 15 is 0 Å². The highest BCUT2D eigenvalue weighted by Gasteiger charge is 2.39. The minimum atomic E-state index is -3.88. The maximum Gasteiger partial charge on any atom is 0.250 e. The minimum Gasteiger partial charge on any atom is -0.489 e. The van der Waals surface area contributed by atoms with Gasteiger partial charge in [0.1, 0.15) is 12.4 Å². The zero-order valence-corrected chi connectivity index (χ0v) is 19.8. The van der Waals surface area contributed by atoms with Crippen LogP contribution in [-0.2, 0) is 26.2 Å². The second kappa shape index (κ2) is 10.1. The largest absolute Gasteiger partial charge is 0.489 e. The van der Waals surface area contributed by atoms with E-state index in [2.05, 4.69) is 4.98 Å². The first kappa shape index (κ1) is 24.1. The lowest BCUT2D eigenvalue weighted by atomic mass is 9.95. The third-order valence-corrected chi connectivity index (χ3v) is 7.96. The van der Waals surface area contributed by atoms with Crippen molar-refractivity contribution in [3.05, 3.63) is 65.9 Å². The highest BCUT2D eigenvalue weighted by Crippen LogP contribution is 2.27. The fourth-order valence-corrected chi connectivity index (χ4v) is 5.64. The molecule has 34 heavy (non-hydrogen) atoms. The summed E-state index contributed by atoms with van der Waals surface area (Å²) in [6, 6.07) is 15.4. The predicted molar refractivity (Wildman–Crippen MR) is 125 cm³/mol. The van der Waals surface area contributed by atoms with Gasteiger partial charge in [0.25, 0.3) is 0 Å². The monoisotopic (exact) mass is 485 g/mol. The van der Waals surface area contributed by atoms with E-state index in [0.29, 0.717) is 25.4 Å². The molecular weight excluding hydrogens is 458 g/mol. The molecule has 9 nitrogen and oxygen atoms in total. The number of benzene rings is 2. The molecule has 3 aromatic rings. The van der Waals surface area contributed by atoms with Crippen molar-refractivity contribution in [2.45, 2.75) is 30.9 Å². The fourth-order valence-electron chi connectivity index (χ4n) is 4.22. The molecule has 0 aliphatic carbocycles. The van der Waals surface area contributed by atoms with Crippen LogP contribution in [0.2, 0.25) is 0 Å². The zero-order chi connectivity index (χ0) is 24.3. The second-order valence-corrected chi connectivity index (χ2v) is 10.2. The van der Waals surface area contributed by atoms with Gasteiger partial charge in [-0.15, -0.1) is 0 Å². The highest BCUT2D eigenvalue weighted by atomic mass is 32.2. The number of aromatic nitrogens is 1. The topological polar surface area (TPSA) is 118 Å². The first-order valence-electron chi connectivity index (χ1n) is 10.9. The van der Waals surface area contributed by atoms with Crippen LogP contribution < -0.4 is 10.2 Å². The summed E-state index contributed by atoms with van der Waals surface area (Å²) in [4.78, 5) is 16.6. The van der Waals surface area contributed by atoms with Crippen LogP contribution in [0.1, 0.15) is 17.7 Å². The Morgan fingerprint density at radius 2 is 1.97 bits per heavy atom. The molecule has 4 rings (SSSR count). The molecule has 180 valence electrons. The zero-order valence-electron chi connectivity index (χ0n) is 19.0. The lowest BCUT2D eigenvalue weighted by Gasteiger charge is -2.35. The summed E-state index contributed by atoms with van der Waals surface area (Å²) < 4.78 is 38.8. The molecule has 2 heterocycles. The van der Waals surface area contributed by atoms with Gasteiger partial charge in [-0.25, -0.2) is 13.9 Å². The third-order valence-electron chi connectivity index (χ3n) is 6.06. The van der Waals surface area contributed by atoms with Gasteiger partial charge in [-0.1, -0.05) is 18.2 Å². The van der Waals surface area contributed by atoms with Crippen molar-refractivity contribution >= 4 is 26.8 Å². The van der Waals surface area contributed by atoms with Crippen LogP contribution in [0.15, 0.2) is 59.5 Å². The van der Waals surface area contributed by atoms with E-state index in [-0.39, 0.29) is 11.5 Å². The molecular formula is C24H27N3O6S. The Kier molecular flexibility index (Phi) is 7.13. The van der Waals surface area contributed by atoms with Crippen LogP contribution in [0.5, 0.6) is 5.75 Å². The summed E-state index contributed by atoms with van der Waals surface area (Å²) in [5.41, 5.74) is 4.38. The molecule has 2 N–H and O–H groups in total. The Hall–Kier alpha value is -3.05. The van der Waals surface area contributed by atoms with Crippen LogP contribution >= 0.6 is 0 Å². The Morgan fingerprint density at radius 3 is 2.71 bits per heavy atom. The van der Waals surface area contributed by atoms with E-state index in [0.717, 1.165) is 22.2 Å². The van der Waals surface area contributed by atoms with Gasteiger partial charge >= 0.3 is 0 Å². The van der Waals surface area contributed by atoms with Crippen LogP contribution in [0.4, 0.5) is 0 Å². The lowest BCUT2D eigenvalue weighted by Crippen LogP contribution is -2.51. The van der Waals surface area contributed by atoms with Gasteiger partial charge in [0, 0.05) is 36.3 Å². The number of fused-ring (bicyclic) bond motifs is 1. The summed E-state index contributed by atoms with van der Waals surface area (Å²) in [5, 5.41) is 10.0. The average Bonchev–Trinajstić information content (AvgIpc) is 2.86. The van der Waals surface area contributed by atoms with Gasteiger partial charge in [0.05, 0.1) is 22.9 Å². The van der Waals surface area contributed by atoms with Gasteiger partial charge in [0.2, 0.25) is 15.9 Å². The molecule has 0 spiro atoms. The molecule has 0 bridgehead atoms. The number of hydroxylamine groups is 1. The highest BCUT2D eigenvalue weighted by molar-refractivity contribution is 7.89. The molecule has 1 aliphatic heterocycles. The van der Waals surface area contributed by atoms with E-state index in [1.807, 2.05) is 37.3 Å². The summed E-state index contributed by atoms with van der Waals surface area (Å²) in [7, 11) is -2.44. The number of nitrogens with zero attached hydrogens (tertiary/aromatic N) is 2. The Balaban J connectivity index is 1.49. The van der Waals surface area contributed by atoms with Crippen molar-refractivity contribution in [2.24, 2.45) is 5.92 Å². The number of aryl methyl sites for hydroxylation is 1. The Bertz CT molecular complexity index is 1280. The van der Waals surface area contributed by atoms with Crippen molar-refractivity contribution in [1.29, 1.82) is 0 Å². The molecule has 1 fully saturated rings. The molecule has 1 saturated heterocycles. The standard InChI is InChI=1S/C24H27N3O6S/c1-16-13-17(20-5-3-4-6-22(20)25-16)14-33-18-7-9-19(10-8-18)34(30,31)27(2)23-11-12-32-15-21(23)24(28)26-29/h3-10,13,21,23,29H,11-12,14-15H2,1-2H3,(H,26,28)/t21-,23-/m1/s1. The SMILES string of the molecule is Cc1cc(COc2ccc(S(=O)(=O)N(C)[C@@H]3CCOC[C@H]3C(=O)NO)cc2)c2ccccc2n1. The number of ether oxygens (including phenoxy) is 2. The maximum absolute atomic E-state index is 13.2. The van der Waals surface area contributed by atoms with Crippen LogP contribution in [0.3, 0.4) is 0 Å². The Labute approximate surface area is 198 Å². The molecule has 2 atom stereocenters. The smallest absolute Gasteiger partial charge is 0.250 e. The number of amides is 1. The first-order chi connectivity index (χ1) is 16.3. The van der Waals surface area contributed by atoms with E-state index < -0.39 is 27.9 Å². The van der Waals surface area contributed by atoms with Gasteiger partial charge in [0.15, 0.2) is 0 Å². The normalized spacial score (nSPS) is 18.7. The van der Waals surface area contributed by atoms with E-state index in [4.69, 9.17) is 14.7 Å². The van der Waals surface area contributed by atoms with Crippen molar-refractivity contribution in [2.75, 3.05) is 20.3 Å². The van der Waals surface area contributed by atoms with Crippen molar-refractivity contribution < 1.29 is 27.9 Å². The van der Waals surface area contributed by atoms with Crippen molar-refractivity contribution in [3.63, 3.8) is 0 Å². The van der Waals surface area contributed by atoms with Crippen LogP contribution in [0.25, 0.3) is 10.9 Å². The molecule has 1 amide bonds. The average molecular weight is 486 g/mol. The summed E-state index contributed by atoms with van der Waals surface area (Å²) >= 11 is 0. The molecule has 0 saturated carbocycles. The summed E-state index contributed by atoms with van der Waals surface area (Å²) in [6.45, 7) is 2.61. The molecule has 0 unspecified atom stereocenters. The maximum atomic E-state index is 13.2. The minimum absolute atomic E-state index is 0.0346. The number of carbonyl (C=O) groups excluding carboxylic acids is 1. The van der Waals surface area contributed by atoms with Gasteiger partial charge in [-0.3, -0.25) is 15.0 Å². The third kappa shape index (κ3) is 4.90. The van der Waals surface area contributed by atoms with Crippen molar-refractivity contribution in [3.8, 4) is 5.75 Å². The first-order valence-corrected chi connectivity index (χ1v) is 12.3. The lowest BCUT2D eigenvalue weighted by molar-refractivity contribution is -0.140. The summed E-state index contributed by atoms with van der Waals surface area (Å²) in [5.74, 6) is -0.946. The van der Waals surface area contributed by atoms with Crippen molar-refractivity contribution in [1.82, 2.24) is 14.8 Å². The fraction of sp³-hybridized carbons (Fsp3) is 0.333. The number of hydrogen-bond acceptors (Lipinski definition) is 7. The Morgan fingerprint density at radius 1 is 1.24 bits per heavy atom. The summed E-state index contributed by atoms with van der Waals surface area (Å²) in [6.07, 6.45) is 0.342. The van der Waals surface area contributed by atoms with Gasteiger partial charge in [-0.05, 0) is 49.7 Å². The second-order valence-electron chi connectivity index (χ2n) is 8.23. The molecule has 2 aromatic carbocycles. The van der Waals surface area contributed by atoms with E-state index in [1.54, 1.807) is 17.6 Å². The number of rotatable bonds is 7. The number of carbonyl (C=O) groups is 1. The number of para-hydroxylation sites is 1. The number of pyridine rings is 1. The van der Waals surface area contributed by atoms with Crippen LogP contribution in [-0.4, -0.2) is 55.1 Å². The number of nitrogens with one attached hydrogen (secondary N) is 1. The number of sulfonamides is 1. The van der Waals surface area contributed by atoms with E-state index in [9.17, 15) is 13.2 Å².